The lowest BCUT2D eigenvalue weighted by molar-refractivity contribution is -0.120. The Bertz CT molecular complexity index is 1410. The lowest BCUT2D eigenvalue weighted by Crippen LogP contribution is -2.49. The van der Waals surface area contributed by atoms with E-state index in [4.69, 9.17) is 4.18 Å². The topological polar surface area (TPSA) is 114 Å². The molecular weight excluding hydrogens is 482 g/mol. The number of fused-ring (bicyclic) bond motifs is 1. The molecule has 2 aliphatic rings. The van der Waals surface area contributed by atoms with Gasteiger partial charge in [0.1, 0.15) is 0 Å². The average Bonchev–Trinajstić information content (AvgIpc) is 3.19. The number of carbonyl (C=O) groups is 2. The number of hydrogen-bond donors (Lipinski definition) is 1. The van der Waals surface area contributed by atoms with Crippen molar-refractivity contribution in [2.45, 2.75) is 31.1 Å². The number of piperidine rings is 1. The first kappa shape index (κ1) is 24.3. The fourth-order valence-electron chi connectivity index (χ4n) is 4.71. The largest absolute Gasteiger partial charge is 0.371 e. The molecule has 3 aromatic rings. The van der Waals surface area contributed by atoms with E-state index in [9.17, 15) is 18.0 Å². The summed E-state index contributed by atoms with van der Waals surface area (Å²) < 4.78 is 32.1. The van der Waals surface area contributed by atoms with Gasteiger partial charge >= 0.3 is 6.03 Å². The van der Waals surface area contributed by atoms with E-state index < -0.39 is 16.1 Å². The molecule has 3 amide bonds. The summed E-state index contributed by atoms with van der Waals surface area (Å²) in [7, 11) is -1.93. The minimum Gasteiger partial charge on any atom is -0.371 e. The fourth-order valence-corrected chi connectivity index (χ4v) is 5.68. The molecule has 3 heterocycles. The molecule has 0 saturated carbocycles. The molecule has 2 saturated heterocycles. The van der Waals surface area contributed by atoms with Crippen molar-refractivity contribution in [2.75, 3.05) is 36.0 Å². The molecule has 2 aromatic carbocycles. The highest BCUT2D eigenvalue weighted by Gasteiger charge is 2.29. The van der Waals surface area contributed by atoms with Gasteiger partial charge in [-0.05, 0) is 56.0 Å². The summed E-state index contributed by atoms with van der Waals surface area (Å²) in [6.45, 7) is 3.95. The fraction of sp³-hybridized carbons (Fsp3) is 0.400. The number of aryl methyl sites for hydroxylation is 2. The Morgan fingerprint density at radius 1 is 1.06 bits per heavy atom. The summed E-state index contributed by atoms with van der Waals surface area (Å²) in [5.41, 5.74) is 2.93. The number of urea groups is 1. The highest BCUT2D eigenvalue weighted by molar-refractivity contribution is 7.86. The van der Waals surface area contributed by atoms with Crippen LogP contribution in [0.3, 0.4) is 0 Å². The molecule has 5 rings (SSSR count). The lowest BCUT2D eigenvalue weighted by atomic mass is 9.97. The number of nitrogens with one attached hydrogen (secondary N) is 1. The molecule has 0 spiro atoms. The molecular formula is C25H29N5O5S. The number of amides is 3. The third-order valence-corrected chi connectivity index (χ3v) is 8.17. The van der Waals surface area contributed by atoms with Crippen LogP contribution in [0.25, 0.3) is 10.9 Å². The van der Waals surface area contributed by atoms with E-state index in [-0.39, 0.29) is 29.7 Å². The zero-order valence-electron chi connectivity index (χ0n) is 20.3. The molecule has 10 nitrogen and oxygen atoms in total. The van der Waals surface area contributed by atoms with E-state index in [1.165, 1.54) is 4.90 Å². The molecule has 2 aliphatic heterocycles. The Morgan fingerprint density at radius 3 is 2.47 bits per heavy atom. The van der Waals surface area contributed by atoms with Crippen LogP contribution < -0.4 is 15.1 Å². The minimum absolute atomic E-state index is 0.161. The van der Waals surface area contributed by atoms with E-state index in [1.807, 2.05) is 26.1 Å². The van der Waals surface area contributed by atoms with Gasteiger partial charge in [-0.2, -0.15) is 13.5 Å². The van der Waals surface area contributed by atoms with Crippen LogP contribution in [-0.4, -0.2) is 56.4 Å². The Balaban J connectivity index is 1.23. The second kappa shape index (κ2) is 9.55. The molecule has 0 bridgehead atoms. The van der Waals surface area contributed by atoms with Gasteiger partial charge in [-0.3, -0.25) is 23.9 Å². The summed E-state index contributed by atoms with van der Waals surface area (Å²) in [5, 5.41) is 7.73. The van der Waals surface area contributed by atoms with Crippen molar-refractivity contribution in [2.24, 2.45) is 13.0 Å². The number of aromatic nitrogens is 2. The van der Waals surface area contributed by atoms with E-state index in [0.717, 1.165) is 48.1 Å². The molecule has 2 fully saturated rings. The summed E-state index contributed by atoms with van der Waals surface area (Å²) in [4.78, 5) is 27.8. The third kappa shape index (κ3) is 4.80. The van der Waals surface area contributed by atoms with E-state index in [0.29, 0.717) is 12.4 Å². The molecule has 0 aliphatic carbocycles. The van der Waals surface area contributed by atoms with Crippen LogP contribution in [0.5, 0.6) is 0 Å². The molecule has 1 aromatic heterocycles. The van der Waals surface area contributed by atoms with Gasteiger partial charge in [0.05, 0.1) is 17.0 Å². The maximum Gasteiger partial charge on any atom is 0.329 e. The van der Waals surface area contributed by atoms with E-state index in [1.54, 1.807) is 28.9 Å². The normalized spacial score (nSPS) is 17.6. The van der Waals surface area contributed by atoms with Crippen molar-refractivity contribution in [3.63, 3.8) is 0 Å². The summed E-state index contributed by atoms with van der Waals surface area (Å²) in [6.07, 6.45) is 1.88. The number of imide groups is 1. The summed E-state index contributed by atoms with van der Waals surface area (Å²) in [6, 6.07) is 12.2. The van der Waals surface area contributed by atoms with Crippen LogP contribution in [0.2, 0.25) is 0 Å². The number of nitrogens with zero attached hydrogens (tertiary/aromatic N) is 4. The molecule has 36 heavy (non-hydrogen) atoms. The van der Waals surface area contributed by atoms with Crippen LogP contribution in [0.4, 0.5) is 16.3 Å². The van der Waals surface area contributed by atoms with E-state index in [2.05, 4.69) is 21.4 Å². The smallest absolute Gasteiger partial charge is 0.329 e. The number of hydrogen-bond acceptors (Lipinski definition) is 7. The maximum absolute atomic E-state index is 12.5. The van der Waals surface area contributed by atoms with Crippen molar-refractivity contribution in [3.8, 4) is 0 Å². The number of carbonyl (C=O) groups excluding carboxylic acids is 2. The zero-order valence-corrected chi connectivity index (χ0v) is 21.1. The molecule has 11 heteroatoms. The average molecular weight is 512 g/mol. The second-order valence-electron chi connectivity index (χ2n) is 9.39. The number of benzene rings is 2. The lowest BCUT2D eigenvalue weighted by Gasteiger charge is -2.33. The van der Waals surface area contributed by atoms with Crippen molar-refractivity contribution in [1.29, 1.82) is 0 Å². The quantitative estimate of drug-likeness (QED) is 0.506. The zero-order chi connectivity index (χ0) is 25.4. The minimum atomic E-state index is -3.76. The van der Waals surface area contributed by atoms with Crippen LogP contribution in [0, 0.1) is 12.8 Å². The highest BCUT2D eigenvalue weighted by atomic mass is 32.2. The van der Waals surface area contributed by atoms with E-state index >= 15 is 0 Å². The van der Waals surface area contributed by atoms with Crippen LogP contribution in [0.1, 0.15) is 24.8 Å². The predicted octanol–water partition coefficient (Wildman–Crippen LogP) is 2.95. The first-order valence-corrected chi connectivity index (χ1v) is 13.4. The molecule has 0 atom stereocenters. The van der Waals surface area contributed by atoms with Gasteiger partial charge < -0.3 is 4.90 Å². The van der Waals surface area contributed by atoms with Gasteiger partial charge in [-0.25, -0.2) is 4.79 Å². The predicted molar refractivity (Wildman–Crippen MR) is 135 cm³/mol. The molecule has 0 unspecified atom stereocenters. The van der Waals surface area contributed by atoms with Gasteiger partial charge in [0, 0.05) is 44.2 Å². The van der Waals surface area contributed by atoms with Gasteiger partial charge in [-0.15, -0.1) is 0 Å². The third-order valence-electron chi connectivity index (χ3n) is 6.87. The van der Waals surface area contributed by atoms with Crippen molar-refractivity contribution in [3.05, 3.63) is 48.0 Å². The monoisotopic (exact) mass is 511 g/mol. The molecule has 1 N–H and O–H groups in total. The Hall–Kier alpha value is -3.44. The Kier molecular flexibility index (Phi) is 6.44. The molecule has 0 radical (unpaired) electrons. The van der Waals surface area contributed by atoms with Crippen LogP contribution in [0.15, 0.2) is 47.4 Å². The van der Waals surface area contributed by atoms with Crippen molar-refractivity contribution >= 4 is 44.5 Å². The van der Waals surface area contributed by atoms with Crippen molar-refractivity contribution < 1.29 is 22.2 Å². The van der Waals surface area contributed by atoms with Gasteiger partial charge in [0.2, 0.25) is 5.91 Å². The van der Waals surface area contributed by atoms with Crippen LogP contribution >= 0.6 is 0 Å². The number of anilines is 2. The molecule has 190 valence electrons. The van der Waals surface area contributed by atoms with Crippen LogP contribution in [-0.2, 0) is 26.1 Å². The standard InChI is InChI=1S/C25H29N5O5S/c1-17-3-6-20(7-4-17)36(33,34)35-16-18-9-12-29(13-10-18)19-5-8-21-22(15-19)28(2)27-24(21)30-14-11-23(31)26-25(30)32/h3-8,15,18H,9-14,16H2,1-2H3,(H,26,31,32). The Labute approximate surface area is 209 Å². The van der Waals surface area contributed by atoms with Gasteiger partial charge in [0.25, 0.3) is 10.1 Å². The first-order valence-electron chi connectivity index (χ1n) is 12.0. The SMILES string of the molecule is Cc1ccc(S(=O)(=O)OCC2CCN(c3ccc4c(N5CCC(=O)NC5=O)nn(C)c4c3)CC2)cc1. The summed E-state index contributed by atoms with van der Waals surface area (Å²) in [5.74, 6) is 0.420. The van der Waals surface area contributed by atoms with Gasteiger partial charge in [0.15, 0.2) is 5.82 Å². The van der Waals surface area contributed by atoms with Gasteiger partial charge in [-0.1, -0.05) is 17.7 Å². The maximum atomic E-state index is 12.5. The first-order chi connectivity index (χ1) is 17.2. The second-order valence-corrected chi connectivity index (χ2v) is 11.0. The number of rotatable bonds is 6. The Morgan fingerprint density at radius 2 is 1.78 bits per heavy atom. The van der Waals surface area contributed by atoms with Crippen molar-refractivity contribution in [1.82, 2.24) is 15.1 Å². The highest BCUT2D eigenvalue weighted by Crippen LogP contribution is 2.32. The summed E-state index contributed by atoms with van der Waals surface area (Å²) >= 11 is 0.